The molecule has 10 heteroatoms. The van der Waals surface area contributed by atoms with Gasteiger partial charge in [0.2, 0.25) is 0 Å². The van der Waals surface area contributed by atoms with Crippen LogP contribution in [-0.4, -0.2) is 76.7 Å². The van der Waals surface area contributed by atoms with Crippen molar-refractivity contribution in [2.45, 2.75) is 25.2 Å². The molecule has 4 aromatic rings. The van der Waals surface area contributed by atoms with E-state index >= 15 is 0 Å². The van der Waals surface area contributed by atoms with Gasteiger partial charge in [0, 0.05) is 0 Å². The molecule has 4 heterocycles. The van der Waals surface area contributed by atoms with Crippen molar-refractivity contribution in [3.05, 3.63) is 154 Å². The van der Waals surface area contributed by atoms with Crippen LogP contribution in [-0.2, 0) is 22.7 Å². The van der Waals surface area contributed by atoms with Gasteiger partial charge in [0.1, 0.15) is 0 Å². The third kappa shape index (κ3) is 7.18. The zero-order valence-electron chi connectivity index (χ0n) is 26.2. The van der Waals surface area contributed by atoms with Crippen molar-refractivity contribution in [2.75, 3.05) is 13.1 Å². The number of carbonyl (C=O) groups excluding carboxylic acids is 2. The summed E-state index contributed by atoms with van der Waals surface area (Å²) in [5, 5.41) is 16.7. The molecule has 4 atom stereocenters. The Balaban J connectivity index is 0.000000152. The van der Waals surface area contributed by atoms with E-state index in [2.05, 4.69) is 103 Å². The normalized spacial score (nSPS) is 23.9. The molecule has 0 aromatic heterocycles. The Morgan fingerprint density at radius 1 is 0.542 bits per heavy atom. The molecule has 2 saturated heterocycles. The summed E-state index contributed by atoms with van der Waals surface area (Å²) in [5.41, 5.74) is 4.41. The average Bonchev–Trinajstić information content (AvgIpc) is 3.91. The van der Waals surface area contributed by atoms with Gasteiger partial charge in [-0.1, -0.05) is 0 Å². The maximum absolute atomic E-state index is 12.8. The number of rotatable bonds is 8. The first kappa shape index (κ1) is 32.1. The molecule has 0 bridgehead atoms. The van der Waals surface area contributed by atoms with Gasteiger partial charge in [0.15, 0.2) is 0 Å². The van der Waals surface area contributed by atoms with Crippen molar-refractivity contribution in [1.82, 2.24) is 9.80 Å². The van der Waals surface area contributed by atoms with E-state index in [4.69, 9.17) is 0 Å². The zero-order chi connectivity index (χ0) is 32.7. The van der Waals surface area contributed by atoms with Crippen LogP contribution >= 0.6 is 0 Å². The molecule has 4 aromatic carbocycles. The van der Waals surface area contributed by atoms with E-state index in [9.17, 15) is 9.59 Å². The number of benzene rings is 4. The topological polar surface area (TPSA) is 90.1 Å². The molecule has 4 aliphatic rings. The van der Waals surface area contributed by atoms with E-state index in [-0.39, 0.29) is 65.6 Å². The van der Waals surface area contributed by atoms with Crippen LogP contribution in [0.2, 0.25) is 0 Å². The van der Waals surface area contributed by atoms with Crippen molar-refractivity contribution in [1.29, 1.82) is 0 Å². The van der Waals surface area contributed by atoms with E-state index < -0.39 is 0 Å². The summed E-state index contributed by atoms with van der Waals surface area (Å²) in [6, 6.07) is 40.6. The molecule has 0 aliphatic carbocycles. The summed E-state index contributed by atoms with van der Waals surface area (Å²) in [6.07, 6.45) is 0. The van der Waals surface area contributed by atoms with Gasteiger partial charge >= 0.3 is 294 Å². The Bertz CT molecular complexity index is 1810. The third-order valence-corrected chi connectivity index (χ3v) is 12.4. The van der Waals surface area contributed by atoms with Crippen LogP contribution in [0, 0.1) is 11.8 Å². The number of likely N-dealkylation sites (tertiary alicyclic amines) is 2. The number of hydrogen-bond acceptors (Lipinski definition) is 6. The number of amides is 2. The number of azo groups is 2. The van der Waals surface area contributed by atoms with Crippen LogP contribution in [0.5, 0.6) is 0 Å². The molecule has 4 aliphatic heterocycles. The third-order valence-electron chi connectivity index (χ3n) is 8.62. The minimum atomic E-state index is -0.313. The molecule has 2 fully saturated rings. The van der Waals surface area contributed by atoms with Gasteiger partial charge in [-0.05, 0) is 0 Å². The SMILES string of the molecule is O=C1[C@@H]2CN=N[C@@H]2/C(=C\[Se]c2ccccc2)N1Cc1ccccc1.O=C1[C@@H]2N=NC[C@@H]2/C(=C\[Se]c2ccccc2)N1Cc1ccccc1. The molecule has 0 saturated carbocycles. The standard InChI is InChI=1S/2C19H17N3OSe/c23-19-16-11-20-21-18(16)17(13-24-15-9-5-2-6-10-15)22(19)12-14-7-3-1-4-8-14;23-19-18-16(11-20-21-18)17(13-24-15-9-5-2-6-10-15)22(19)12-14-7-3-1-4-8-14/h2*1-10,13,16,18H,11-12H2/b2*17-13+/t16-,18+;16-,18-/m11/s1. The summed E-state index contributed by atoms with van der Waals surface area (Å²) in [7, 11) is 0. The second-order valence-electron chi connectivity index (χ2n) is 11.7. The molecule has 48 heavy (non-hydrogen) atoms. The fourth-order valence-electron chi connectivity index (χ4n) is 6.15. The second kappa shape index (κ2) is 15.2. The van der Waals surface area contributed by atoms with Crippen LogP contribution in [0.25, 0.3) is 0 Å². The van der Waals surface area contributed by atoms with Crippen molar-refractivity contribution in [3.8, 4) is 0 Å². The van der Waals surface area contributed by atoms with Gasteiger partial charge in [0.25, 0.3) is 0 Å². The van der Waals surface area contributed by atoms with Gasteiger partial charge in [-0.3, -0.25) is 0 Å². The second-order valence-corrected chi connectivity index (χ2v) is 15.7. The monoisotopic (exact) mass is 766 g/mol. The zero-order valence-corrected chi connectivity index (χ0v) is 29.6. The minimum absolute atomic E-state index is 0.0835. The van der Waals surface area contributed by atoms with Crippen LogP contribution < -0.4 is 8.92 Å². The molecule has 8 nitrogen and oxygen atoms in total. The number of nitrogens with zero attached hydrogens (tertiary/aromatic N) is 6. The first-order chi connectivity index (χ1) is 23.7. The predicted molar refractivity (Wildman–Crippen MR) is 188 cm³/mol. The first-order valence-corrected chi connectivity index (χ1v) is 19.6. The van der Waals surface area contributed by atoms with Crippen LogP contribution in [0.15, 0.2) is 163 Å². The van der Waals surface area contributed by atoms with Crippen molar-refractivity contribution in [2.24, 2.45) is 32.3 Å². The summed E-state index contributed by atoms with van der Waals surface area (Å²) >= 11 is 0.377. The van der Waals surface area contributed by atoms with Crippen LogP contribution in [0.1, 0.15) is 11.1 Å². The molecule has 0 spiro atoms. The molecular formula is C38H34N6O2Se2. The fraction of sp³-hybridized carbons (Fsp3) is 0.211. The maximum atomic E-state index is 12.8. The van der Waals surface area contributed by atoms with Crippen LogP contribution in [0.3, 0.4) is 0 Å². The van der Waals surface area contributed by atoms with Crippen LogP contribution in [0.4, 0.5) is 0 Å². The van der Waals surface area contributed by atoms with Crippen molar-refractivity contribution in [3.63, 3.8) is 0 Å². The summed E-state index contributed by atoms with van der Waals surface area (Å²) in [6.45, 7) is 2.36. The molecule has 0 unspecified atom stereocenters. The summed E-state index contributed by atoms with van der Waals surface area (Å²) < 4.78 is 2.60. The molecule has 2 amide bonds. The van der Waals surface area contributed by atoms with Crippen molar-refractivity contribution >= 4 is 50.7 Å². The van der Waals surface area contributed by atoms with E-state index in [1.807, 2.05) is 58.3 Å². The Labute approximate surface area is 293 Å². The Morgan fingerprint density at radius 2 is 0.979 bits per heavy atom. The van der Waals surface area contributed by atoms with Gasteiger partial charge in [0.05, 0.1) is 0 Å². The number of hydrogen-bond donors (Lipinski definition) is 0. The Kier molecular flexibility index (Phi) is 10.2. The molecule has 240 valence electrons. The quantitative estimate of drug-likeness (QED) is 0.244. The number of fused-ring (bicyclic) bond motifs is 2. The summed E-state index contributed by atoms with van der Waals surface area (Å²) in [5.74, 6) is 0.252. The summed E-state index contributed by atoms with van der Waals surface area (Å²) in [4.78, 5) is 33.8. The van der Waals surface area contributed by atoms with E-state index in [0.29, 0.717) is 26.2 Å². The van der Waals surface area contributed by atoms with Crippen molar-refractivity contribution < 1.29 is 9.59 Å². The van der Waals surface area contributed by atoms with E-state index in [1.165, 1.54) is 8.92 Å². The number of carbonyl (C=O) groups is 2. The fourth-order valence-corrected chi connectivity index (χ4v) is 9.74. The average molecular weight is 765 g/mol. The van der Waals surface area contributed by atoms with E-state index in [0.717, 1.165) is 22.5 Å². The Hall–Kier alpha value is -4.46. The van der Waals surface area contributed by atoms with Gasteiger partial charge in [-0.15, -0.1) is 0 Å². The molecule has 8 rings (SSSR count). The predicted octanol–water partition coefficient (Wildman–Crippen LogP) is 4.70. The molecule has 0 N–H and O–H groups in total. The molecule has 0 radical (unpaired) electrons. The van der Waals surface area contributed by atoms with Gasteiger partial charge < -0.3 is 0 Å². The van der Waals surface area contributed by atoms with Gasteiger partial charge in [-0.25, -0.2) is 0 Å². The van der Waals surface area contributed by atoms with Gasteiger partial charge in [-0.2, -0.15) is 0 Å². The Morgan fingerprint density at radius 3 is 1.52 bits per heavy atom. The van der Waals surface area contributed by atoms with E-state index in [1.54, 1.807) is 0 Å². The first-order valence-electron chi connectivity index (χ1n) is 15.9. The molecular weight excluding hydrogens is 730 g/mol.